The van der Waals surface area contributed by atoms with Crippen LogP contribution in [0.2, 0.25) is 0 Å². The Morgan fingerprint density at radius 2 is 1.50 bits per heavy atom. The van der Waals surface area contributed by atoms with E-state index in [0.717, 1.165) is 38.5 Å². The largest absolute Gasteiger partial charge is 0.392 e. The number of hydrogen-bond donors (Lipinski definition) is 1. The summed E-state index contributed by atoms with van der Waals surface area (Å²) in [5.41, 5.74) is 5.35. The molecule has 5 heteroatoms. The molecule has 1 aromatic heterocycles. The lowest BCUT2D eigenvalue weighted by atomic mass is 9.88. The Balaban J connectivity index is 2.21. The third-order valence-electron chi connectivity index (χ3n) is 5.03. The van der Waals surface area contributed by atoms with Crippen LogP contribution in [-0.4, -0.2) is 10.1 Å². The minimum atomic E-state index is -0.304. The number of thioether (sulfide) groups is 1. The first kappa shape index (κ1) is 22.4. The van der Waals surface area contributed by atoms with Gasteiger partial charge in [-0.1, -0.05) is 45.9 Å². The van der Waals surface area contributed by atoms with Crippen LogP contribution in [0.4, 0.5) is 8.78 Å². The average molecular weight is 428 g/mol. The molecule has 2 nitrogen and oxygen atoms in total. The summed E-state index contributed by atoms with van der Waals surface area (Å²) in [7, 11) is 0. The van der Waals surface area contributed by atoms with Crippen molar-refractivity contribution >= 4 is 11.8 Å². The summed E-state index contributed by atoms with van der Waals surface area (Å²) in [5.74, 6) is 0.294. The minimum absolute atomic E-state index is 0.133. The van der Waals surface area contributed by atoms with Crippen molar-refractivity contribution in [2.24, 2.45) is 0 Å². The lowest BCUT2D eigenvalue weighted by Crippen LogP contribution is -2.12. The highest BCUT2D eigenvalue weighted by molar-refractivity contribution is 7.98. The van der Waals surface area contributed by atoms with E-state index in [1.807, 2.05) is 6.07 Å². The van der Waals surface area contributed by atoms with Gasteiger partial charge in [0.25, 0.3) is 0 Å². The molecule has 1 heterocycles. The Morgan fingerprint density at radius 3 is 2.07 bits per heavy atom. The van der Waals surface area contributed by atoms with Crippen LogP contribution in [0.1, 0.15) is 62.0 Å². The van der Waals surface area contributed by atoms with Gasteiger partial charge in [0.1, 0.15) is 11.6 Å². The maximum atomic E-state index is 13.6. The molecule has 2 aromatic carbocycles. The van der Waals surface area contributed by atoms with E-state index in [1.165, 1.54) is 36.0 Å². The van der Waals surface area contributed by atoms with Crippen molar-refractivity contribution in [2.75, 3.05) is 0 Å². The van der Waals surface area contributed by atoms with Gasteiger partial charge in [-0.25, -0.2) is 8.78 Å². The third kappa shape index (κ3) is 4.90. The number of rotatable bonds is 7. The lowest BCUT2D eigenvalue weighted by Gasteiger charge is -2.24. The molecule has 0 saturated heterocycles. The molecule has 3 aromatic rings. The zero-order valence-electron chi connectivity index (χ0n) is 17.7. The van der Waals surface area contributed by atoms with E-state index >= 15 is 0 Å². The number of hydrogen-bond acceptors (Lipinski definition) is 3. The van der Waals surface area contributed by atoms with Crippen molar-refractivity contribution in [1.29, 1.82) is 0 Å². The second-order valence-electron chi connectivity index (χ2n) is 7.93. The molecule has 0 saturated carbocycles. The van der Waals surface area contributed by atoms with Crippen LogP contribution in [0.5, 0.6) is 0 Å². The van der Waals surface area contributed by atoms with Gasteiger partial charge >= 0.3 is 0 Å². The maximum Gasteiger partial charge on any atom is 0.124 e. The number of aliphatic hydroxyl groups excluding tert-OH is 1. The van der Waals surface area contributed by atoms with Gasteiger partial charge < -0.3 is 5.11 Å². The number of aromatic nitrogens is 1. The Kier molecular flexibility index (Phi) is 7.27. The summed E-state index contributed by atoms with van der Waals surface area (Å²) in [5, 5.41) is 10.3. The van der Waals surface area contributed by atoms with Gasteiger partial charge in [-0.2, -0.15) is 0 Å². The van der Waals surface area contributed by atoms with E-state index < -0.39 is 0 Å². The van der Waals surface area contributed by atoms with Crippen molar-refractivity contribution in [1.82, 2.24) is 4.98 Å². The molecule has 0 aliphatic heterocycles. The van der Waals surface area contributed by atoms with Gasteiger partial charge in [0.2, 0.25) is 0 Å². The lowest BCUT2D eigenvalue weighted by molar-refractivity contribution is 0.279. The zero-order chi connectivity index (χ0) is 21.8. The van der Waals surface area contributed by atoms with Crippen molar-refractivity contribution in [3.05, 3.63) is 82.7 Å². The van der Waals surface area contributed by atoms with E-state index in [9.17, 15) is 13.9 Å². The molecular weight excluding hydrogens is 400 g/mol. The van der Waals surface area contributed by atoms with Crippen LogP contribution in [0.3, 0.4) is 0 Å². The zero-order valence-corrected chi connectivity index (χ0v) is 18.6. The Labute approximate surface area is 181 Å². The maximum absolute atomic E-state index is 13.6. The molecule has 0 atom stereocenters. The summed E-state index contributed by atoms with van der Waals surface area (Å²) in [6.07, 6.45) is 0. The van der Waals surface area contributed by atoms with E-state index in [2.05, 4.69) is 27.7 Å². The second kappa shape index (κ2) is 9.71. The number of pyridine rings is 1. The first-order chi connectivity index (χ1) is 14.3. The summed E-state index contributed by atoms with van der Waals surface area (Å²) < 4.78 is 27.3. The molecule has 30 heavy (non-hydrogen) atoms. The van der Waals surface area contributed by atoms with Gasteiger partial charge in [-0.05, 0) is 58.9 Å². The molecule has 0 aliphatic rings. The minimum Gasteiger partial charge on any atom is -0.392 e. The van der Waals surface area contributed by atoms with Crippen LogP contribution in [0.15, 0.2) is 53.4 Å². The topological polar surface area (TPSA) is 33.1 Å². The molecule has 0 amide bonds. The Morgan fingerprint density at radius 1 is 0.867 bits per heavy atom. The second-order valence-corrected chi connectivity index (χ2v) is 8.98. The highest BCUT2D eigenvalue weighted by Crippen LogP contribution is 2.39. The molecule has 0 fully saturated rings. The third-order valence-corrected chi connectivity index (χ3v) is 6.05. The Bertz CT molecular complexity index is 1020. The van der Waals surface area contributed by atoms with Crippen molar-refractivity contribution in [2.45, 2.75) is 56.8 Å². The normalized spacial score (nSPS) is 11.5. The monoisotopic (exact) mass is 427 g/mol. The quantitative estimate of drug-likeness (QED) is 0.410. The predicted molar refractivity (Wildman–Crippen MR) is 120 cm³/mol. The molecule has 0 aliphatic carbocycles. The van der Waals surface area contributed by atoms with Crippen molar-refractivity contribution in [3.8, 4) is 11.1 Å². The highest BCUT2D eigenvalue weighted by atomic mass is 32.2. The van der Waals surface area contributed by atoms with Gasteiger partial charge in [0.15, 0.2) is 0 Å². The van der Waals surface area contributed by atoms with Crippen LogP contribution in [0, 0.1) is 11.6 Å². The fourth-order valence-electron chi connectivity index (χ4n) is 3.64. The van der Waals surface area contributed by atoms with E-state index in [1.54, 1.807) is 18.2 Å². The molecule has 0 radical (unpaired) electrons. The highest BCUT2D eigenvalue weighted by Gasteiger charge is 2.23. The number of benzene rings is 2. The van der Waals surface area contributed by atoms with Gasteiger partial charge in [0, 0.05) is 27.6 Å². The predicted octanol–water partition coefficient (Wildman–Crippen LogP) is 7.06. The van der Waals surface area contributed by atoms with E-state index in [-0.39, 0.29) is 30.1 Å². The van der Waals surface area contributed by atoms with Crippen LogP contribution in [-0.2, 0) is 12.4 Å². The van der Waals surface area contributed by atoms with Gasteiger partial charge in [-0.3, -0.25) is 4.98 Å². The van der Waals surface area contributed by atoms with Crippen LogP contribution in [0.25, 0.3) is 11.1 Å². The standard InChI is InChI=1S/C25H27F2NOS/c1-15(2)24-21(13-29)23(17-8-10-18(26)11-9-17)22(25(28-24)16(3)4)14-30-20-7-5-6-19(27)12-20/h5-12,15-16,29H,13-14H2,1-4H3. The van der Waals surface area contributed by atoms with E-state index in [0.29, 0.717) is 5.75 Å². The first-order valence-electron chi connectivity index (χ1n) is 10.1. The number of halogens is 2. The molecule has 3 rings (SSSR count). The van der Waals surface area contributed by atoms with E-state index in [4.69, 9.17) is 4.98 Å². The SMILES string of the molecule is CC(C)c1nc(C(C)C)c(CSc2cccc(F)c2)c(-c2ccc(F)cc2)c1CO. The molecule has 0 unspecified atom stereocenters. The van der Waals surface area contributed by atoms with Crippen molar-refractivity contribution in [3.63, 3.8) is 0 Å². The molecule has 0 bridgehead atoms. The summed E-state index contributed by atoms with van der Waals surface area (Å²) >= 11 is 1.53. The summed E-state index contributed by atoms with van der Waals surface area (Å²) in [6.45, 7) is 8.15. The molecule has 0 spiro atoms. The van der Waals surface area contributed by atoms with Gasteiger partial charge in [0.05, 0.1) is 6.61 Å². The fourth-order valence-corrected chi connectivity index (χ4v) is 4.62. The van der Waals surface area contributed by atoms with Crippen LogP contribution >= 0.6 is 11.8 Å². The van der Waals surface area contributed by atoms with Crippen molar-refractivity contribution < 1.29 is 13.9 Å². The molecule has 1 N–H and O–H groups in total. The fraction of sp³-hybridized carbons (Fsp3) is 0.320. The average Bonchev–Trinajstić information content (AvgIpc) is 2.71. The summed E-state index contributed by atoms with van der Waals surface area (Å²) in [6, 6.07) is 12.9. The number of nitrogens with zero attached hydrogens (tertiary/aromatic N) is 1. The van der Waals surface area contributed by atoms with Crippen LogP contribution < -0.4 is 0 Å². The summed E-state index contributed by atoms with van der Waals surface area (Å²) in [4.78, 5) is 5.78. The smallest absolute Gasteiger partial charge is 0.124 e. The molecule has 158 valence electrons. The molecular formula is C25H27F2NOS. The Hall–Kier alpha value is -2.24. The first-order valence-corrected chi connectivity index (χ1v) is 11.1. The number of aliphatic hydroxyl groups is 1. The van der Waals surface area contributed by atoms with Gasteiger partial charge in [-0.15, -0.1) is 11.8 Å².